The second kappa shape index (κ2) is 11.4. The molecule has 2 aromatic rings. The Morgan fingerprint density at radius 2 is 1.61 bits per heavy atom. The summed E-state index contributed by atoms with van der Waals surface area (Å²) in [5.41, 5.74) is 2.02. The Bertz CT molecular complexity index is 1030. The van der Waals surface area contributed by atoms with Crippen LogP contribution < -0.4 is 15.4 Å². The van der Waals surface area contributed by atoms with Gasteiger partial charge in [0.25, 0.3) is 0 Å². The third-order valence-electron chi connectivity index (χ3n) is 6.21. The molecule has 1 atom stereocenters. The summed E-state index contributed by atoms with van der Waals surface area (Å²) in [4.78, 5) is 24.9. The standard InChI is InChI=1S/C25H33N3O4S/c1-18-8-14-23(15-9-18)33(31,32)27-16-20-10-12-22(13-11-20)25(30)26-17-24(29)28-19(2)21-6-4-3-5-7-21/h3-9,14-15,19-20,22,27H,10-13,16-17H2,1-2H3,(H,26,30)(H,28,29)/t19-,20?,22?/m1/s1. The number of hydrogen-bond donors (Lipinski definition) is 3. The van der Waals surface area contributed by atoms with Crippen molar-refractivity contribution >= 4 is 21.8 Å². The summed E-state index contributed by atoms with van der Waals surface area (Å²) in [6.45, 7) is 4.14. The molecule has 3 N–H and O–H groups in total. The lowest BCUT2D eigenvalue weighted by Crippen LogP contribution is -2.41. The number of benzene rings is 2. The number of amides is 2. The highest BCUT2D eigenvalue weighted by molar-refractivity contribution is 7.89. The van der Waals surface area contributed by atoms with Crippen molar-refractivity contribution in [3.05, 3.63) is 65.7 Å². The summed E-state index contributed by atoms with van der Waals surface area (Å²) < 4.78 is 27.6. The predicted molar refractivity (Wildman–Crippen MR) is 128 cm³/mol. The highest BCUT2D eigenvalue weighted by Gasteiger charge is 2.27. The molecule has 0 spiro atoms. The molecule has 33 heavy (non-hydrogen) atoms. The van der Waals surface area contributed by atoms with E-state index in [-0.39, 0.29) is 41.1 Å². The molecule has 1 fully saturated rings. The molecule has 8 heteroatoms. The summed E-state index contributed by atoms with van der Waals surface area (Å²) in [6, 6.07) is 16.3. The van der Waals surface area contributed by atoms with Gasteiger partial charge in [-0.05, 0) is 63.1 Å². The van der Waals surface area contributed by atoms with Gasteiger partial charge < -0.3 is 10.6 Å². The summed E-state index contributed by atoms with van der Waals surface area (Å²) >= 11 is 0. The van der Waals surface area contributed by atoms with Crippen LogP contribution in [0.4, 0.5) is 0 Å². The molecule has 3 rings (SSSR count). The van der Waals surface area contributed by atoms with Gasteiger partial charge in [-0.25, -0.2) is 13.1 Å². The van der Waals surface area contributed by atoms with Crippen molar-refractivity contribution in [3.8, 4) is 0 Å². The first-order valence-electron chi connectivity index (χ1n) is 11.4. The Labute approximate surface area is 196 Å². The van der Waals surface area contributed by atoms with E-state index in [1.807, 2.05) is 44.2 Å². The number of rotatable bonds is 9. The van der Waals surface area contributed by atoms with Crippen molar-refractivity contribution in [2.45, 2.75) is 50.5 Å². The molecule has 0 aromatic heterocycles. The normalized spacial score (nSPS) is 19.5. The van der Waals surface area contributed by atoms with Gasteiger partial charge in [-0.15, -0.1) is 0 Å². The van der Waals surface area contributed by atoms with Crippen LogP contribution in [-0.2, 0) is 19.6 Å². The molecular formula is C25H33N3O4S. The molecule has 0 unspecified atom stereocenters. The first-order chi connectivity index (χ1) is 15.7. The van der Waals surface area contributed by atoms with Gasteiger partial charge in [0.2, 0.25) is 21.8 Å². The van der Waals surface area contributed by atoms with Crippen LogP contribution in [0.15, 0.2) is 59.5 Å². The quantitative estimate of drug-likeness (QED) is 0.523. The third kappa shape index (κ3) is 7.40. The van der Waals surface area contributed by atoms with E-state index in [1.165, 1.54) is 0 Å². The average molecular weight is 472 g/mol. The molecule has 7 nitrogen and oxygen atoms in total. The highest BCUT2D eigenvalue weighted by Crippen LogP contribution is 2.29. The largest absolute Gasteiger partial charge is 0.348 e. The van der Waals surface area contributed by atoms with E-state index < -0.39 is 10.0 Å². The van der Waals surface area contributed by atoms with Crippen LogP contribution in [0.25, 0.3) is 0 Å². The summed E-state index contributed by atoms with van der Waals surface area (Å²) in [7, 11) is -3.53. The Morgan fingerprint density at radius 3 is 2.24 bits per heavy atom. The number of nitrogens with one attached hydrogen (secondary N) is 3. The molecular weight excluding hydrogens is 438 g/mol. The Balaban J connectivity index is 1.37. The molecule has 2 amide bonds. The van der Waals surface area contributed by atoms with Crippen LogP contribution in [0.2, 0.25) is 0 Å². The fourth-order valence-electron chi connectivity index (χ4n) is 4.09. The van der Waals surface area contributed by atoms with Crippen molar-refractivity contribution in [3.63, 3.8) is 0 Å². The smallest absolute Gasteiger partial charge is 0.240 e. The van der Waals surface area contributed by atoms with E-state index >= 15 is 0 Å². The molecule has 0 saturated heterocycles. The Kier molecular flexibility index (Phi) is 8.63. The van der Waals surface area contributed by atoms with Crippen LogP contribution in [0.1, 0.15) is 49.8 Å². The first kappa shape index (κ1) is 24.9. The van der Waals surface area contributed by atoms with E-state index in [4.69, 9.17) is 0 Å². The van der Waals surface area contributed by atoms with Gasteiger partial charge in [-0.1, -0.05) is 48.0 Å². The molecule has 0 bridgehead atoms. The van der Waals surface area contributed by atoms with Gasteiger partial charge >= 0.3 is 0 Å². The SMILES string of the molecule is Cc1ccc(S(=O)(=O)NCC2CCC(C(=O)NCC(=O)N[C@H](C)c3ccccc3)CC2)cc1. The molecule has 0 aliphatic heterocycles. The second-order valence-corrected chi connectivity index (χ2v) is 10.6. The van der Waals surface area contributed by atoms with Gasteiger partial charge in [0.1, 0.15) is 0 Å². The summed E-state index contributed by atoms with van der Waals surface area (Å²) in [5.74, 6) is -0.284. The maximum absolute atomic E-state index is 12.5. The van der Waals surface area contributed by atoms with Gasteiger partial charge in [0.05, 0.1) is 17.5 Å². The monoisotopic (exact) mass is 471 g/mol. The van der Waals surface area contributed by atoms with Crippen molar-refractivity contribution in [1.29, 1.82) is 0 Å². The fraction of sp³-hybridized carbons (Fsp3) is 0.440. The van der Waals surface area contributed by atoms with Gasteiger partial charge in [0.15, 0.2) is 0 Å². The van der Waals surface area contributed by atoms with E-state index in [2.05, 4.69) is 15.4 Å². The van der Waals surface area contributed by atoms with Crippen molar-refractivity contribution in [1.82, 2.24) is 15.4 Å². The van der Waals surface area contributed by atoms with Gasteiger partial charge in [0, 0.05) is 12.5 Å². The van der Waals surface area contributed by atoms with Crippen molar-refractivity contribution < 1.29 is 18.0 Å². The highest BCUT2D eigenvalue weighted by atomic mass is 32.2. The van der Waals surface area contributed by atoms with Crippen LogP contribution in [-0.4, -0.2) is 33.3 Å². The zero-order valence-corrected chi connectivity index (χ0v) is 20.0. The van der Waals surface area contributed by atoms with E-state index in [0.29, 0.717) is 19.4 Å². The number of carbonyl (C=O) groups is 2. The zero-order chi connectivity index (χ0) is 23.8. The first-order valence-corrected chi connectivity index (χ1v) is 12.9. The Hall–Kier alpha value is -2.71. The number of hydrogen-bond acceptors (Lipinski definition) is 4. The summed E-state index contributed by atoms with van der Waals surface area (Å²) in [5, 5.41) is 5.63. The number of sulfonamides is 1. The minimum absolute atomic E-state index is 0.0493. The molecule has 1 saturated carbocycles. The molecule has 178 valence electrons. The van der Waals surface area contributed by atoms with Crippen LogP contribution in [0.3, 0.4) is 0 Å². The zero-order valence-electron chi connectivity index (χ0n) is 19.2. The predicted octanol–water partition coefficient (Wildman–Crippen LogP) is 3.07. The van der Waals surface area contributed by atoms with Crippen LogP contribution >= 0.6 is 0 Å². The third-order valence-corrected chi connectivity index (χ3v) is 7.65. The average Bonchev–Trinajstić information content (AvgIpc) is 2.82. The lowest BCUT2D eigenvalue weighted by Gasteiger charge is -2.28. The van der Waals surface area contributed by atoms with E-state index in [1.54, 1.807) is 24.3 Å². The van der Waals surface area contributed by atoms with Crippen LogP contribution in [0.5, 0.6) is 0 Å². The van der Waals surface area contributed by atoms with Crippen LogP contribution in [0, 0.1) is 18.8 Å². The Morgan fingerprint density at radius 1 is 0.970 bits per heavy atom. The molecule has 1 aliphatic rings. The maximum Gasteiger partial charge on any atom is 0.240 e. The van der Waals surface area contributed by atoms with Crippen molar-refractivity contribution in [2.24, 2.45) is 11.8 Å². The minimum Gasteiger partial charge on any atom is -0.348 e. The molecule has 2 aromatic carbocycles. The van der Waals surface area contributed by atoms with Gasteiger partial charge in [-0.2, -0.15) is 0 Å². The second-order valence-electron chi connectivity index (χ2n) is 8.80. The lowest BCUT2D eigenvalue weighted by atomic mass is 9.81. The number of carbonyl (C=O) groups excluding carboxylic acids is 2. The summed E-state index contributed by atoms with van der Waals surface area (Å²) in [6.07, 6.45) is 2.91. The minimum atomic E-state index is -3.53. The number of aryl methyl sites for hydroxylation is 1. The molecule has 1 aliphatic carbocycles. The molecule has 0 heterocycles. The van der Waals surface area contributed by atoms with Gasteiger partial charge in [-0.3, -0.25) is 9.59 Å². The van der Waals surface area contributed by atoms with E-state index in [9.17, 15) is 18.0 Å². The van der Waals surface area contributed by atoms with Crippen molar-refractivity contribution in [2.75, 3.05) is 13.1 Å². The maximum atomic E-state index is 12.5. The lowest BCUT2D eigenvalue weighted by molar-refractivity contribution is -0.129. The fourth-order valence-corrected chi connectivity index (χ4v) is 5.20. The molecule has 0 radical (unpaired) electrons. The topological polar surface area (TPSA) is 104 Å². The van der Waals surface area contributed by atoms with E-state index in [0.717, 1.165) is 24.0 Å².